The zero-order valence-electron chi connectivity index (χ0n) is 19.2. The van der Waals surface area contributed by atoms with Crippen LogP contribution in [0.2, 0.25) is 0 Å². The third-order valence-electron chi connectivity index (χ3n) is 5.57. The van der Waals surface area contributed by atoms with E-state index in [0.717, 1.165) is 28.0 Å². The summed E-state index contributed by atoms with van der Waals surface area (Å²) >= 11 is 1.11. The molecule has 0 saturated carbocycles. The van der Waals surface area contributed by atoms with E-state index in [1.165, 1.54) is 11.7 Å². The van der Waals surface area contributed by atoms with Crippen molar-refractivity contribution in [1.29, 1.82) is 5.26 Å². The zero-order valence-corrected chi connectivity index (χ0v) is 20.0. The second-order valence-electron chi connectivity index (χ2n) is 7.74. The summed E-state index contributed by atoms with van der Waals surface area (Å²) in [4.78, 5) is 27.1. The number of carbonyl (C=O) groups is 1. The van der Waals surface area contributed by atoms with Crippen LogP contribution in [0.15, 0.2) is 59.7 Å². The summed E-state index contributed by atoms with van der Waals surface area (Å²) in [6.07, 6.45) is 5.15. The van der Waals surface area contributed by atoms with E-state index in [4.69, 9.17) is 4.74 Å². The van der Waals surface area contributed by atoms with Crippen LogP contribution in [0, 0.1) is 25.2 Å². The van der Waals surface area contributed by atoms with Crippen LogP contribution in [0.25, 0.3) is 17.3 Å². The van der Waals surface area contributed by atoms with Crippen molar-refractivity contribution in [2.75, 3.05) is 7.11 Å². The van der Waals surface area contributed by atoms with E-state index in [9.17, 15) is 14.9 Å². The van der Waals surface area contributed by atoms with Crippen LogP contribution < -0.4 is 19.5 Å². The molecule has 0 fully saturated rings. The summed E-state index contributed by atoms with van der Waals surface area (Å²) in [7, 11) is 3.26. The van der Waals surface area contributed by atoms with Gasteiger partial charge >= 0.3 is 0 Å². The van der Waals surface area contributed by atoms with Crippen LogP contribution in [-0.2, 0) is 7.05 Å². The van der Waals surface area contributed by atoms with E-state index in [0.29, 0.717) is 16.0 Å². The monoisotopic (exact) mass is 470 g/mol. The number of benzene rings is 2. The Bertz CT molecular complexity index is 1630. The molecule has 0 amide bonds. The summed E-state index contributed by atoms with van der Waals surface area (Å²) in [6, 6.07) is 14.4. The van der Waals surface area contributed by atoms with E-state index < -0.39 is 5.78 Å². The molecule has 0 saturated heterocycles. The van der Waals surface area contributed by atoms with Crippen molar-refractivity contribution in [3.63, 3.8) is 0 Å². The molecule has 0 aliphatic heterocycles. The van der Waals surface area contributed by atoms with Gasteiger partial charge in [0, 0.05) is 18.8 Å². The lowest BCUT2D eigenvalue weighted by Crippen LogP contribution is -2.32. The van der Waals surface area contributed by atoms with Crippen molar-refractivity contribution < 1.29 is 9.53 Å². The van der Waals surface area contributed by atoms with Crippen molar-refractivity contribution >= 4 is 28.8 Å². The number of hydrogen-bond donors (Lipinski definition) is 0. The molecular formula is C26H22N4O3S. The molecule has 8 heteroatoms. The number of ether oxygens (including phenoxy) is 1. The van der Waals surface area contributed by atoms with Gasteiger partial charge in [-0.15, -0.1) is 11.3 Å². The maximum atomic E-state index is 13.6. The first-order valence-corrected chi connectivity index (χ1v) is 11.3. The van der Waals surface area contributed by atoms with Gasteiger partial charge in [0.05, 0.1) is 29.1 Å². The number of ketones is 1. The second kappa shape index (κ2) is 9.33. The first kappa shape index (κ1) is 23.0. The maximum absolute atomic E-state index is 13.6. The number of para-hydroxylation sites is 1. The van der Waals surface area contributed by atoms with Gasteiger partial charge in [-0.25, -0.2) is 0 Å². The third kappa shape index (κ3) is 4.09. The molecule has 0 aliphatic carbocycles. The molecule has 34 heavy (non-hydrogen) atoms. The molecule has 2 aromatic carbocycles. The minimum Gasteiger partial charge on any atom is -0.496 e. The average molecular weight is 471 g/mol. The van der Waals surface area contributed by atoms with E-state index in [1.54, 1.807) is 54.5 Å². The van der Waals surface area contributed by atoms with Gasteiger partial charge in [0.25, 0.3) is 5.56 Å². The van der Waals surface area contributed by atoms with Crippen molar-refractivity contribution in [1.82, 2.24) is 14.3 Å². The molecule has 0 unspecified atom stereocenters. The summed E-state index contributed by atoms with van der Waals surface area (Å²) in [5.74, 6) is -0.146. The van der Waals surface area contributed by atoms with Gasteiger partial charge < -0.3 is 4.74 Å². The molecular weight excluding hydrogens is 448 g/mol. The van der Waals surface area contributed by atoms with Crippen LogP contribution >= 0.6 is 11.3 Å². The Morgan fingerprint density at radius 1 is 1.18 bits per heavy atom. The van der Waals surface area contributed by atoms with Gasteiger partial charge in [-0.2, -0.15) is 10.4 Å². The summed E-state index contributed by atoms with van der Waals surface area (Å²) in [5, 5.41) is 14.2. The molecule has 2 heterocycles. The number of rotatable bonds is 5. The molecule has 0 radical (unpaired) electrons. The molecule has 0 spiro atoms. The Kier molecular flexibility index (Phi) is 6.30. The van der Waals surface area contributed by atoms with E-state index in [-0.39, 0.29) is 21.4 Å². The highest BCUT2D eigenvalue weighted by Crippen LogP contribution is 2.21. The molecule has 4 rings (SSSR count). The van der Waals surface area contributed by atoms with Crippen molar-refractivity contribution in [2.24, 2.45) is 7.05 Å². The highest BCUT2D eigenvalue weighted by Gasteiger charge is 2.21. The number of nitrogens with zero attached hydrogens (tertiary/aromatic N) is 4. The van der Waals surface area contributed by atoms with E-state index >= 15 is 0 Å². The topological polar surface area (TPSA) is 89.9 Å². The van der Waals surface area contributed by atoms with Gasteiger partial charge in [-0.3, -0.25) is 18.8 Å². The normalized spacial score (nSPS) is 12.4. The fourth-order valence-corrected chi connectivity index (χ4v) is 4.77. The molecule has 2 aromatic heterocycles. The minimum absolute atomic E-state index is 0.127. The molecule has 0 aliphatic rings. The van der Waals surface area contributed by atoms with Crippen LogP contribution in [-0.4, -0.2) is 27.2 Å². The second-order valence-corrected chi connectivity index (χ2v) is 8.77. The lowest BCUT2D eigenvalue weighted by atomic mass is 10.0. The molecule has 0 atom stereocenters. The third-order valence-corrected chi connectivity index (χ3v) is 6.66. The number of hydrogen-bond acceptors (Lipinski definition) is 6. The number of carbonyl (C=O) groups excluding carboxylic acids is 1. The summed E-state index contributed by atoms with van der Waals surface area (Å²) in [6.45, 7) is 3.87. The van der Waals surface area contributed by atoms with Crippen molar-refractivity contribution in [3.05, 3.63) is 96.7 Å². The Balaban J connectivity index is 2.11. The molecule has 0 N–H and O–H groups in total. The van der Waals surface area contributed by atoms with E-state index in [1.807, 2.05) is 32.0 Å². The molecule has 7 nitrogen and oxygen atoms in total. The maximum Gasteiger partial charge on any atom is 0.273 e. The first-order valence-electron chi connectivity index (χ1n) is 10.5. The highest BCUT2D eigenvalue weighted by atomic mass is 32.1. The predicted molar refractivity (Wildman–Crippen MR) is 132 cm³/mol. The van der Waals surface area contributed by atoms with Gasteiger partial charge in [-0.1, -0.05) is 24.3 Å². The number of aryl methyl sites for hydroxylation is 2. The number of aromatic nitrogens is 3. The highest BCUT2D eigenvalue weighted by molar-refractivity contribution is 7.07. The first-order chi connectivity index (χ1) is 16.3. The fraction of sp³-hybridized carbons (Fsp3) is 0.154. The standard InChI is InChI=1S/C26H22N4O3S/c1-16-8-7-10-21(17(16)2)30-25(32)23(12-18-14-28-29(3)15-18)34-26(30)20(13-27)24(31)19-9-5-6-11-22(19)33-4/h5-12,14-15H,1-4H3. The zero-order chi connectivity index (χ0) is 24.4. The van der Waals surface area contributed by atoms with Crippen LogP contribution in [0.3, 0.4) is 0 Å². The minimum atomic E-state index is -0.506. The fourth-order valence-electron chi connectivity index (χ4n) is 3.68. The van der Waals surface area contributed by atoms with Gasteiger partial charge in [0.15, 0.2) is 0 Å². The lowest BCUT2D eigenvalue weighted by molar-refractivity contribution is 0.105. The van der Waals surface area contributed by atoms with Crippen LogP contribution in [0.1, 0.15) is 27.0 Å². The Labute approximate surface area is 200 Å². The largest absolute Gasteiger partial charge is 0.496 e. The number of Topliss-reactive ketones (excluding diaryl/α,β-unsaturated/α-hetero) is 1. The average Bonchev–Trinajstić information content (AvgIpc) is 3.39. The lowest BCUT2D eigenvalue weighted by Gasteiger charge is -2.10. The molecule has 4 aromatic rings. The Morgan fingerprint density at radius 3 is 2.62 bits per heavy atom. The smallest absolute Gasteiger partial charge is 0.273 e. The summed E-state index contributed by atoms with van der Waals surface area (Å²) < 4.78 is 9.10. The van der Waals surface area contributed by atoms with Gasteiger partial charge in [0.1, 0.15) is 22.1 Å². The van der Waals surface area contributed by atoms with Gasteiger partial charge in [0.2, 0.25) is 5.78 Å². The number of methoxy groups -OCH3 is 1. The van der Waals surface area contributed by atoms with Crippen LogP contribution in [0.4, 0.5) is 0 Å². The van der Waals surface area contributed by atoms with Gasteiger partial charge in [-0.05, 0) is 49.2 Å². The number of nitriles is 1. The quantitative estimate of drug-likeness (QED) is 0.419. The van der Waals surface area contributed by atoms with Crippen molar-refractivity contribution in [3.8, 4) is 17.5 Å². The molecule has 170 valence electrons. The Morgan fingerprint density at radius 2 is 1.94 bits per heavy atom. The summed E-state index contributed by atoms with van der Waals surface area (Å²) in [5.41, 5.74) is 3.08. The van der Waals surface area contributed by atoms with Crippen molar-refractivity contribution in [2.45, 2.75) is 13.8 Å². The number of thiazole rings is 1. The predicted octanol–water partition coefficient (Wildman–Crippen LogP) is 2.64. The molecule has 0 bridgehead atoms. The SMILES string of the molecule is COc1ccccc1C(=O)C(C#N)=c1sc(=Cc2cnn(C)c2)c(=O)n1-c1cccc(C)c1C. The Hall–Kier alpha value is -4.22. The van der Waals surface area contributed by atoms with Crippen LogP contribution in [0.5, 0.6) is 5.75 Å². The van der Waals surface area contributed by atoms with E-state index in [2.05, 4.69) is 11.2 Å².